The molecule has 0 bridgehead atoms. The summed E-state index contributed by atoms with van der Waals surface area (Å²) < 4.78 is 0. The van der Waals surface area contributed by atoms with Gasteiger partial charge in [-0.3, -0.25) is 0 Å². The van der Waals surface area contributed by atoms with Crippen LogP contribution in [0.4, 0.5) is 5.95 Å². The molecule has 0 amide bonds. The summed E-state index contributed by atoms with van der Waals surface area (Å²) >= 11 is 0. The molecule has 0 aliphatic carbocycles. The van der Waals surface area contributed by atoms with Crippen LogP contribution >= 0.6 is 0 Å². The van der Waals surface area contributed by atoms with Crippen LogP contribution in [0.3, 0.4) is 0 Å². The lowest BCUT2D eigenvalue weighted by molar-refractivity contribution is 0.0688. The molecule has 0 atom stereocenters. The van der Waals surface area contributed by atoms with E-state index in [9.17, 15) is 4.79 Å². The third kappa shape index (κ3) is 1.83. The van der Waals surface area contributed by atoms with Crippen LogP contribution in [0.5, 0.6) is 0 Å². The van der Waals surface area contributed by atoms with Crippen LogP contribution in [0, 0.1) is 0 Å². The van der Waals surface area contributed by atoms with Gasteiger partial charge in [0.05, 0.1) is 5.69 Å². The summed E-state index contributed by atoms with van der Waals surface area (Å²) in [5, 5.41) is 12.3. The molecule has 1 aliphatic heterocycles. The van der Waals surface area contributed by atoms with Crippen LogP contribution in [0.1, 0.15) is 21.7 Å². The number of carboxylic acid groups (broad SMARTS) is 1. The van der Waals surface area contributed by atoms with Crippen LogP contribution in [0.15, 0.2) is 0 Å². The third-order valence-electron chi connectivity index (χ3n) is 2.53. The van der Waals surface area contributed by atoms with E-state index in [-0.39, 0.29) is 5.69 Å². The molecule has 0 fully saturated rings. The molecule has 0 aromatic carbocycles. The van der Waals surface area contributed by atoms with Gasteiger partial charge in [0.25, 0.3) is 0 Å². The second kappa shape index (κ2) is 4.05. The summed E-state index contributed by atoms with van der Waals surface area (Å²) in [7, 11) is 3.59. The van der Waals surface area contributed by atoms with Crippen LogP contribution in [-0.2, 0) is 13.0 Å². The van der Waals surface area contributed by atoms with Crippen molar-refractivity contribution >= 4 is 11.9 Å². The molecule has 0 unspecified atom stereocenters. The van der Waals surface area contributed by atoms with Crippen molar-refractivity contribution in [3.8, 4) is 0 Å². The minimum Gasteiger partial charge on any atom is -0.476 e. The number of rotatable bonds is 2. The lowest BCUT2D eigenvalue weighted by Gasteiger charge is -2.20. The number of anilines is 1. The van der Waals surface area contributed by atoms with Gasteiger partial charge < -0.3 is 15.3 Å². The Labute approximate surface area is 93.3 Å². The number of aromatic carboxylic acids is 1. The first-order chi connectivity index (χ1) is 7.59. The summed E-state index contributed by atoms with van der Waals surface area (Å²) in [6.45, 7) is 1.39. The van der Waals surface area contributed by atoms with Gasteiger partial charge in [-0.1, -0.05) is 0 Å². The van der Waals surface area contributed by atoms with Gasteiger partial charge >= 0.3 is 5.97 Å². The summed E-state index contributed by atoms with van der Waals surface area (Å²) in [4.78, 5) is 21.2. The Hall–Kier alpha value is -1.69. The van der Waals surface area contributed by atoms with Gasteiger partial charge in [-0.25, -0.2) is 14.8 Å². The maximum Gasteiger partial charge on any atom is 0.354 e. The van der Waals surface area contributed by atoms with E-state index in [1.54, 1.807) is 19.0 Å². The molecule has 2 N–H and O–H groups in total. The molecule has 1 aromatic rings. The van der Waals surface area contributed by atoms with Crippen LogP contribution in [0.2, 0.25) is 0 Å². The van der Waals surface area contributed by atoms with Gasteiger partial charge in [0, 0.05) is 26.2 Å². The van der Waals surface area contributed by atoms with E-state index in [1.165, 1.54) is 0 Å². The first kappa shape index (κ1) is 10.8. The molecule has 86 valence electrons. The topological polar surface area (TPSA) is 78.4 Å². The number of carboxylic acids is 1. The molecule has 6 heteroatoms. The smallest absolute Gasteiger partial charge is 0.354 e. The fourth-order valence-corrected chi connectivity index (χ4v) is 1.72. The van der Waals surface area contributed by atoms with Gasteiger partial charge in [-0.15, -0.1) is 0 Å². The molecule has 0 spiro atoms. The maximum absolute atomic E-state index is 11.1. The first-order valence-electron chi connectivity index (χ1n) is 5.10. The average molecular weight is 222 g/mol. The Morgan fingerprint density at radius 3 is 2.81 bits per heavy atom. The van der Waals surface area contributed by atoms with Gasteiger partial charge in [-0.2, -0.15) is 0 Å². The van der Waals surface area contributed by atoms with E-state index in [2.05, 4.69) is 15.3 Å². The van der Waals surface area contributed by atoms with Crippen LogP contribution in [0.25, 0.3) is 0 Å². The highest BCUT2D eigenvalue weighted by Crippen LogP contribution is 2.18. The van der Waals surface area contributed by atoms with Crippen LogP contribution in [-0.4, -0.2) is 41.7 Å². The van der Waals surface area contributed by atoms with Crippen molar-refractivity contribution in [2.45, 2.75) is 13.0 Å². The molecular weight excluding hydrogens is 208 g/mol. The molecule has 1 aromatic heterocycles. The molecule has 0 radical (unpaired) electrons. The van der Waals surface area contributed by atoms with E-state index in [1.807, 2.05) is 0 Å². The highest BCUT2D eigenvalue weighted by molar-refractivity contribution is 5.87. The van der Waals surface area contributed by atoms with Crippen molar-refractivity contribution in [1.82, 2.24) is 15.3 Å². The zero-order valence-electron chi connectivity index (χ0n) is 9.32. The van der Waals surface area contributed by atoms with E-state index in [4.69, 9.17) is 5.11 Å². The summed E-state index contributed by atoms with van der Waals surface area (Å²) in [5.41, 5.74) is 1.69. The quantitative estimate of drug-likeness (QED) is 0.726. The van der Waals surface area contributed by atoms with Gasteiger partial charge in [-0.05, 0) is 13.0 Å². The normalized spacial score (nSPS) is 14.4. The molecule has 2 rings (SSSR count). The van der Waals surface area contributed by atoms with Crippen molar-refractivity contribution in [3.05, 3.63) is 17.0 Å². The Kier molecular flexibility index (Phi) is 2.74. The fourth-order valence-electron chi connectivity index (χ4n) is 1.72. The Morgan fingerprint density at radius 1 is 1.44 bits per heavy atom. The Morgan fingerprint density at radius 2 is 2.19 bits per heavy atom. The lowest BCUT2D eigenvalue weighted by Crippen LogP contribution is -2.29. The molecule has 1 aliphatic rings. The number of hydrogen-bond acceptors (Lipinski definition) is 5. The number of fused-ring (bicyclic) bond motifs is 1. The standard InChI is InChI=1S/C10H14N4O2/c1-14(2)10-12-7-5-11-4-3-6(7)8(13-10)9(15)16/h11H,3-5H2,1-2H3,(H,15,16). The number of carbonyl (C=O) groups is 1. The molecule has 6 nitrogen and oxygen atoms in total. The predicted octanol–water partition coefficient (Wildman–Crippen LogP) is -0.114. The molecular formula is C10H14N4O2. The maximum atomic E-state index is 11.1. The van der Waals surface area contributed by atoms with E-state index in [0.29, 0.717) is 18.9 Å². The molecule has 0 saturated carbocycles. The summed E-state index contributed by atoms with van der Waals surface area (Å²) in [6, 6.07) is 0. The number of nitrogens with zero attached hydrogens (tertiary/aromatic N) is 3. The summed E-state index contributed by atoms with van der Waals surface area (Å²) in [6.07, 6.45) is 0.671. The largest absolute Gasteiger partial charge is 0.476 e. The van der Waals surface area contributed by atoms with E-state index < -0.39 is 5.97 Å². The monoisotopic (exact) mass is 222 g/mol. The molecule has 2 heterocycles. The van der Waals surface area contributed by atoms with E-state index in [0.717, 1.165) is 17.8 Å². The van der Waals surface area contributed by atoms with E-state index >= 15 is 0 Å². The second-order valence-corrected chi connectivity index (χ2v) is 3.92. The van der Waals surface area contributed by atoms with Crippen molar-refractivity contribution in [1.29, 1.82) is 0 Å². The zero-order chi connectivity index (χ0) is 11.7. The fraction of sp³-hybridized carbons (Fsp3) is 0.500. The van der Waals surface area contributed by atoms with Crippen LogP contribution < -0.4 is 10.2 Å². The van der Waals surface area contributed by atoms with Gasteiger partial charge in [0.15, 0.2) is 5.69 Å². The van der Waals surface area contributed by atoms with Crippen molar-refractivity contribution in [3.63, 3.8) is 0 Å². The highest BCUT2D eigenvalue weighted by Gasteiger charge is 2.21. The molecule has 0 saturated heterocycles. The first-order valence-corrected chi connectivity index (χ1v) is 5.10. The molecule has 16 heavy (non-hydrogen) atoms. The zero-order valence-corrected chi connectivity index (χ0v) is 9.32. The Bertz CT molecular complexity index is 431. The SMILES string of the molecule is CN(C)c1nc2c(c(C(=O)O)n1)CCNC2. The predicted molar refractivity (Wildman–Crippen MR) is 58.7 cm³/mol. The number of aromatic nitrogens is 2. The third-order valence-corrected chi connectivity index (χ3v) is 2.53. The Balaban J connectivity index is 2.56. The second-order valence-electron chi connectivity index (χ2n) is 3.92. The van der Waals surface area contributed by atoms with Gasteiger partial charge in [0.1, 0.15) is 0 Å². The average Bonchev–Trinajstić information content (AvgIpc) is 2.27. The highest BCUT2D eigenvalue weighted by atomic mass is 16.4. The number of nitrogens with one attached hydrogen (secondary N) is 1. The minimum absolute atomic E-state index is 0.134. The van der Waals surface area contributed by atoms with Gasteiger partial charge in [0.2, 0.25) is 5.95 Å². The minimum atomic E-state index is -0.983. The lowest BCUT2D eigenvalue weighted by atomic mass is 10.0. The van der Waals surface area contributed by atoms with Crippen molar-refractivity contribution < 1.29 is 9.90 Å². The van der Waals surface area contributed by atoms with Crippen molar-refractivity contribution in [2.24, 2.45) is 0 Å². The van der Waals surface area contributed by atoms with Crippen molar-refractivity contribution in [2.75, 3.05) is 25.5 Å². The number of hydrogen-bond donors (Lipinski definition) is 2. The summed E-state index contributed by atoms with van der Waals surface area (Å²) in [5.74, 6) is -0.538.